The van der Waals surface area contributed by atoms with Crippen LogP contribution >= 0.6 is 0 Å². The van der Waals surface area contributed by atoms with Crippen molar-refractivity contribution in [1.82, 2.24) is 4.90 Å². The van der Waals surface area contributed by atoms with E-state index in [-0.39, 0.29) is 6.10 Å². The highest BCUT2D eigenvalue weighted by atomic mass is 16.5. The lowest BCUT2D eigenvalue weighted by atomic mass is 10.1. The Morgan fingerprint density at radius 2 is 1.60 bits per heavy atom. The first-order chi connectivity index (χ1) is 12.2. The fourth-order valence-corrected chi connectivity index (χ4v) is 3.53. The van der Waals surface area contributed by atoms with Crippen LogP contribution in [0, 0.1) is 0 Å². The van der Waals surface area contributed by atoms with Gasteiger partial charge < -0.3 is 14.7 Å². The van der Waals surface area contributed by atoms with Gasteiger partial charge in [-0.1, -0.05) is 45.4 Å². The molecule has 0 aromatic heterocycles. The van der Waals surface area contributed by atoms with E-state index in [0.717, 1.165) is 51.3 Å². The van der Waals surface area contributed by atoms with E-state index in [0.29, 0.717) is 0 Å². The molecule has 0 aliphatic carbocycles. The van der Waals surface area contributed by atoms with E-state index in [9.17, 15) is 5.11 Å². The highest BCUT2D eigenvalue weighted by Gasteiger charge is 2.19. The number of hydrogen-bond donors (Lipinski definition) is 1. The summed E-state index contributed by atoms with van der Waals surface area (Å²) in [6.07, 6.45) is 8.52. The Morgan fingerprint density at radius 1 is 0.960 bits per heavy atom. The monoisotopic (exact) mass is 348 g/mol. The lowest BCUT2D eigenvalue weighted by molar-refractivity contribution is 0.0996. The molecule has 0 saturated carbocycles. The van der Waals surface area contributed by atoms with Gasteiger partial charge >= 0.3 is 0 Å². The van der Waals surface area contributed by atoms with Gasteiger partial charge in [0.25, 0.3) is 0 Å². The number of methoxy groups -OCH3 is 1. The van der Waals surface area contributed by atoms with Crippen LogP contribution in [0.1, 0.15) is 51.9 Å². The number of unbranched alkanes of at least 4 members (excludes halogenated alkanes) is 5. The van der Waals surface area contributed by atoms with Gasteiger partial charge in [-0.3, -0.25) is 4.90 Å². The predicted octanol–water partition coefficient (Wildman–Crippen LogP) is 3.93. The molecule has 1 heterocycles. The number of benzene rings is 1. The molecule has 1 aromatic carbocycles. The molecule has 1 fully saturated rings. The van der Waals surface area contributed by atoms with Crippen molar-refractivity contribution in [2.24, 2.45) is 0 Å². The van der Waals surface area contributed by atoms with Crippen molar-refractivity contribution < 1.29 is 9.84 Å². The molecule has 4 heteroatoms. The number of anilines is 1. The second-order valence-corrected chi connectivity index (χ2v) is 7.20. The van der Waals surface area contributed by atoms with Gasteiger partial charge in [0.2, 0.25) is 0 Å². The summed E-state index contributed by atoms with van der Waals surface area (Å²) in [5, 5.41) is 10.3. The quantitative estimate of drug-likeness (QED) is 0.615. The van der Waals surface area contributed by atoms with Crippen LogP contribution in [0.5, 0.6) is 5.75 Å². The van der Waals surface area contributed by atoms with Gasteiger partial charge in [0.1, 0.15) is 5.75 Å². The lowest BCUT2D eigenvalue weighted by Crippen LogP contribution is -2.48. The Bertz CT molecular complexity index is 455. The molecule has 0 bridgehead atoms. The molecule has 1 saturated heterocycles. The van der Waals surface area contributed by atoms with Crippen molar-refractivity contribution in [2.75, 3.05) is 44.7 Å². The van der Waals surface area contributed by atoms with E-state index in [1.54, 1.807) is 7.11 Å². The van der Waals surface area contributed by atoms with Crippen molar-refractivity contribution in [2.45, 2.75) is 58.0 Å². The standard InChI is InChI=1S/C21H36N2O2/c1-3-4-5-6-7-8-9-20(24)18-22-14-16-23(17-15-22)19-10-12-21(25-2)13-11-19/h10-13,20,24H,3-9,14-18H2,1-2H3. The molecule has 1 aliphatic heterocycles. The Labute approximate surface area is 153 Å². The van der Waals surface area contributed by atoms with Gasteiger partial charge in [-0.2, -0.15) is 0 Å². The smallest absolute Gasteiger partial charge is 0.119 e. The number of hydrogen-bond acceptors (Lipinski definition) is 4. The number of piperazine rings is 1. The maximum Gasteiger partial charge on any atom is 0.119 e. The van der Waals surface area contributed by atoms with Crippen molar-refractivity contribution in [1.29, 1.82) is 0 Å². The molecule has 2 rings (SSSR count). The maximum absolute atomic E-state index is 10.3. The van der Waals surface area contributed by atoms with E-state index in [1.165, 1.54) is 37.8 Å². The topological polar surface area (TPSA) is 35.9 Å². The lowest BCUT2D eigenvalue weighted by Gasteiger charge is -2.37. The van der Waals surface area contributed by atoms with Crippen LogP contribution in [-0.2, 0) is 0 Å². The second kappa shape index (κ2) is 11.4. The van der Waals surface area contributed by atoms with Crippen molar-refractivity contribution in [3.8, 4) is 5.75 Å². The number of nitrogens with zero attached hydrogens (tertiary/aromatic N) is 2. The molecular weight excluding hydrogens is 312 g/mol. The van der Waals surface area contributed by atoms with Gasteiger partial charge in [0.05, 0.1) is 13.2 Å². The second-order valence-electron chi connectivity index (χ2n) is 7.20. The predicted molar refractivity (Wildman–Crippen MR) is 106 cm³/mol. The van der Waals surface area contributed by atoms with E-state index in [1.807, 2.05) is 12.1 Å². The van der Waals surface area contributed by atoms with Crippen molar-refractivity contribution in [3.05, 3.63) is 24.3 Å². The van der Waals surface area contributed by atoms with E-state index in [4.69, 9.17) is 4.74 Å². The molecule has 1 N–H and O–H groups in total. The first-order valence-electron chi connectivity index (χ1n) is 10.0. The Balaban J connectivity index is 1.61. The van der Waals surface area contributed by atoms with Gasteiger partial charge in [-0.25, -0.2) is 0 Å². The van der Waals surface area contributed by atoms with Crippen LogP contribution in [0.4, 0.5) is 5.69 Å². The third kappa shape index (κ3) is 7.25. The van der Waals surface area contributed by atoms with Crippen LogP contribution < -0.4 is 9.64 Å². The average Bonchev–Trinajstić information content (AvgIpc) is 2.65. The van der Waals surface area contributed by atoms with Crippen molar-refractivity contribution in [3.63, 3.8) is 0 Å². The zero-order chi connectivity index (χ0) is 17.9. The molecule has 142 valence electrons. The number of aliphatic hydroxyl groups excluding tert-OH is 1. The number of β-amino-alcohol motifs (C(OH)–C–C–N with tert-alkyl or cyclic N) is 1. The van der Waals surface area contributed by atoms with Crippen molar-refractivity contribution >= 4 is 5.69 Å². The van der Waals surface area contributed by atoms with Crippen LogP contribution in [0.3, 0.4) is 0 Å². The zero-order valence-electron chi connectivity index (χ0n) is 16.1. The maximum atomic E-state index is 10.3. The molecule has 1 atom stereocenters. The summed E-state index contributed by atoms with van der Waals surface area (Å²) in [5.41, 5.74) is 1.26. The van der Waals surface area contributed by atoms with Gasteiger partial charge in [0, 0.05) is 38.4 Å². The largest absolute Gasteiger partial charge is 0.497 e. The number of ether oxygens (including phenoxy) is 1. The summed E-state index contributed by atoms with van der Waals surface area (Å²) in [6, 6.07) is 8.29. The van der Waals surface area contributed by atoms with Gasteiger partial charge in [-0.15, -0.1) is 0 Å². The first-order valence-corrected chi connectivity index (χ1v) is 10.0. The van der Waals surface area contributed by atoms with E-state index >= 15 is 0 Å². The molecule has 0 amide bonds. The van der Waals surface area contributed by atoms with Gasteiger partial charge in [0.15, 0.2) is 0 Å². The van der Waals surface area contributed by atoms with Crippen LogP contribution in [0.15, 0.2) is 24.3 Å². The molecule has 0 spiro atoms. The number of aliphatic hydroxyl groups is 1. The molecule has 1 aromatic rings. The van der Waals surface area contributed by atoms with Crippen LogP contribution in [-0.4, -0.2) is 55.9 Å². The fourth-order valence-electron chi connectivity index (χ4n) is 3.53. The first kappa shape index (κ1) is 20.1. The summed E-state index contributed by atoms with van der Waals surface area (Å²) in [4.78, 5) is 4.82. The van der Waals surface area contributed by atoms with Crippen LogP contribution in [0.25, 0.3) is 0 Å². The average molecular weight is 349 g/mol. The molecule has 4 nitrogen and oxygen atoms in total. The Kier molecular flexibility index (Phi) is 9.12. The Hall–Kier alpha value is -1.26. The third-order valence-corrected chi connectivity index (χ3v) is 5.17. The molecule has 1 unspecified atom stereocenters. The summed E-state index contributed by atoms with van der Waals surface area (Å²) in [6.45, 7) is 7.18. The summed E-state index contributed by atoms with van der Waals surface area (Å²) >= 11 is 0. The normalized spacial score (nSPS) is 16.8. The third-order valence-electron chi connectivity index (χ3n) is 5.17. The van der Waals surface area contributed by atoms with E-state index in [2.05, 4.69) is 28.9 Å². The minimum absolute atomic E-state index is 0.168. The highest BCUT2D eigenvalue weighted by molar-refractivity contribution is 5.49. The van der Waals surface area contributed by atoms with Gasteiger partial charge in [-0.05, 0) is 30.7 Å². The summed E-state index contributed by atoms with van der Waals surface area (Å²) < 4.78 is 5.22. The highest BCUT2D eigenvalue weighted by Crippen LogP contribution is 2.20. The minimum atomic E-state index is -0.168. The molecule has 1 aliphatic rings. The molecule has 0 radical (unpaired) electrons. The SMILES string of the molecule is CCCCCCCCC(O)CN1CCN(c2ccc(OC)cc2)CC1. The number of rotatable bonds is 11. The molecule has 25 heavy (non-hydrogen) atoms. The zero-order valence-corrected chi connectivity index (χ0v) is 16.1. The minimum Gasteiger partial charge on any atom is -0.497 e. The fraction of sp³-hybridized carbons (Fsp3) is 0.714. The Morgan fingerprint density at radius 3 is 2.24 bits per heavy atom. The molecular formula is C21H36N2O2. The van der Waals surface area contributed by atoms with Crippen LogP contribution in [0.2, 0.25) is 0 Å². The summed E-state index contributed by atoms with van der Waals surface area (Å²) in [7, 11) is 1.70. The van der Waals surface area contributed by atoms with E-state index < -0.39 is 0 Å². The summed E-state index contributed by atoms with van der Waals surface area (Å²) in [5.74, 6) is 0.903.